The third kappa shape index (κ3) is 6.50. The smallest absolute Gasteiger partial charge is 0.309 e. The average Bonchev–Trinajstić information content (AvgIpc) is 2.17. The number of ether oxygens (including phenoxy) is 1. The van der Waals surface area contributed by atoms with Crippen LogP contribution in [0.15, 0.2) is 0 Å². The van der Waals surface area contributed by atoms with Crippen molar-refractivity contribution in [1.29, 1.82) is 0 Å². The SMILES string of the molecule is C#CCCCNCC(C)C(=O)OCC. The van der Waals surface area contributed by atoms with Gasteiger partial charge in [-0.25, -0.2) is 0 Å². The summed E-state index contributed by atoms with van der Waals surface area (Å²) < 4.78 is 4.87. The summed E-state index contributed by atoms with van der Waals surface area (Å²) in [4.78, 5) is 11.2. The third-order valence-corrected chi connectivity index (χ3v) is 1.81. The Morgan fingerprint density at radius 1 is 1.64 bits per heavy atom. The number of unbranched alkanes of at least 4 members (excludes halogenated alkanes) is 1. The second-order valence-electron chi connectivity index (χ2n) is 3.16. The molecule has 1 N–H and O–H groups in total. The average molecular weight is 197 g/mol. The minimum atomic E-state index is -0.142. The molecule has 0 aromatic rings. The fourth-order valence-electron chi connectivity index (χ4n) is 1.00. The molecule has 0 aliphatic heterocycles. The molecule has 1 unspecified atom stereocenters. The molecule has 80 valence electrons. The summed E-state index contributed by atoms with van der Waals surface area (Å²) in [6.45, 7) is 5.62. The lowest BCUT2D eigenvalue weighted by molar-refractivity contribution is -0.147. The maximum Gasteiger partial charge on any atom is 0.309 e. The van der Waals surface area contributed by atoms with Gasteiger partial charge >= 0.3 is 5.97 Å². The predicted molar refractivity (Wildman–Crippen MR) is 56.7 cm³/mol. The summed E-state index contributed by atoms with van der Waals surface area (Å²) in [6, 6.07) is 0. The second kappa shape index (κ2) is 8.58. The van der Waals surface area contributed by atoms with Crippen molar-refractivity contribution in [1.82, 2.24) is 5.32 Å². The van der Waals surface area contributed by atoms with Gasteiger partial charge in [-0.3, -0.25) is 4.79 Å². The van der Waals surface area contributed by atoms with Crippen LogP contribution < -0.4 is 5.32 Å². The first-order valence-corrected chi connectivity index (χ1v) is 5.03. The van der Waals surface area contributed by atoms with E-state index in [-0.39, 0.29) is 11.9 Å². The highest BCUT2D eigenvalue weighted by molar-refractivity contribution is 5.72. The number of rotatable bonds is 7. The van der Waals surface area contributed by atoms with Gasteiger partial charge in [0.05, 0.1) is 12.5 Å². The van der Waals surface area contributed by atoms with Gasteiger partial charge in [0.2, 0.25) is 0 Å². The summed E-state index contributed by atoms with van der Waals surface area (Å²) in [5.74, 6) is 2.34. The molecule has 0 aromatic carbocycles. The van der Waals surface area contributed by atoms with Crippen LogP contribution in [0.5, 0.6) is 0 Å². The molecular formula is C11H19NO2. The summed E-state index contributed by atoms with van der Waals surface area (Å²) in [5, 5.41) is 3.16. The summed E-state index contributed by atoms with van der Waals surface area (Å²) in [6.07, 6.45) is 6.84. The molecule has 0 saturated carbocycles. The Bertz CT molecular complexity index is 196. The first-order valence-electron chi connectivity index (χ1n) is 5.03. The zero-order valence-electron chi connectivity index (χ0n) is 9.01. The van der Waals surface area contributed by atoms with Gasteiger partial charge in [-0.05, 0) is 19.9 Å². The first-order chi connectivity index (χ1) is 6.72. The van der Waals surface area contributed by atoms with Gasteiger partial charge in [0.25, 0.3) is 0 Å². The van der Waals surface area contributed by atoms with Crippen LogP contribution >= 0.6 is 0 Å². The number of esters is 1. The van der Waals surface area contributed by atoms with E-state index >= 15 is 0 Å². The number of terminal acetylenes is 1. The van der Waals surface area contributed by atoms with E-state index in [4.69, 9.17) is 11.2 Å². The lowest BCUT2D eigenvalue weighted by atomic mass is 10.2. The van der Waals surface area contributed by atoms with Gasteiger partial charge in [-0.2, -0.15) is 0 Å². The minimum absolute atomic E-state index is 0.0826. The summed E-state index contributed by atoms with van der Waals surface area (Å²) >= 11 is 0. The van der Waals surface area contributed by atoms with Gasteiger partial charge in [0, 0.05) is 13.0 Å². The van der Waals surface area contributed by atoms with E-state index in [1.807, 2.05) is 13.8 Å². The van der Waals surface area contributed by atoms with Crippen LogP contribution in [0.4, 0.5) is 0 Å². The van der Waals surface area contributed by atoms with Crippen LogP contribution in [-0.4, -0.2) is 25.7 Å². The van der Waals surface area contributed by atoms with Crippen molar-refractivity contribution < 1.29 is 9.53 Å². The maximum absolute atomic E-state index is 11.2. The number of hydrogen-bond donors (Lipinski definition) is 1. The quantitative estimate of drug-likeness (QED) is 0.378. The van der Waals surface area contributed by atoms with E-state index in [9.17, 15) is 4.79 Å². The van der Waals surface area contributed by atoms with Crippen molar-refractivity contribution in [3.63, 3.8) is 0 Å². The van der Waals surface area contributed by atoms with Crippen LogP contribution in [0.25, 0.3) is 0 Å². The van der Waals surface area contributed by atoms with Gasteiger partial charge in [0.1, 0.15) is 0 Å². The number of hydrogen-bond acceptors (Lipinski definition) is 3. The van der Waals surface area contributed by atoms with Crippen molar-refractivity contribution in [2.24, 2.45) is 5.92 Å². The molecule has 0 aliphatic carbocycles. The molecule has 1 atom stereocenters. The molecule has 0 fully saturated rings. The van der Waals surface area contributed by atoms with Crippen molar-refractivity contribution in [2.75, 3.05) is 19.7 Å². The minimum Gasteiger partial charge on any atom is -0.466 e. The third-order valence-electron chi connectivity index (χ3n) is 1.81. The van der Waals surface area contributed by atoms with Gasteiger partial charge in [-0.15, -0.1) is 12.3 Å². The molecule has 0 bridgehead atoms. The zero-order chi connectivity index (χ0) is 10.8. The van der Waals surface area contributed by atoms with Crippen LogP contribution in [0, 0.1) is 18.3 Å². The van der Waals surface area contributed by atoms with Crippen molar-refractivity contribution in [2.45, 2.75) is 26.7 Å². The standard InChI is InChI=1S/C11H19NO2/c1-4-6-7-8-12-9-10(3)11(13)14-5-2/h1,10,12H,5-9H2,2-3H3. The fraction of sp³-hybridized carbons (Fsp3) is 0.727. The van der Waals surface area contributed by atoms with Gasteiger partial charge in [0.15, 0.2) is 0 Å². The Labute approximate surface area is 86.2 Å². The molecule has 0 radical (unpaired) electrons. The molecule has 0 heterocycles. The van der Waals surface area contributed by atoms with Crippen molar-refractivity contribution in [3.05, 3.63) is 0 Å². The molecule has 0 aromatic heterocycles. The van der Waals surface area contributed by atoms with Crippen LogP contribution in [-0.2, 0) is 9.53 Å². The highest BCUT2D eigenvalue weighted by atomic mass is 16.5. The Kier molecular flexibility index (Phi) is 7.96. The monoisotopic (exact) mass is 197 g/mol. The molecule has 0 saturated heterocycles. The highest BCUT2D eigenvalue weighted by Crippen LogP contribution is 1.96. The molecule has 3 nitrogen and oxygen atoms in total. The number of carbonyl (C=O) groups is 1. The molecule has 0 amide bonds. The maximum atomic E-state index is 11.2. The van der Waals surface area contributed by atoms with E-state index in [0.29, 0.717) is 13.2 Å². The van der Waals surface area contributed by atoms with E-state index in [1.165, 1.54) is 0 Å². The van der Waals surface area contributed by atoms with E-state index in [1.54, 1.807) is 0 Å². The Hall–Kier alpha value is -1.01. The lowest BCUT2D eigenvalue weighted by Gasteiger charge is -2.10. The van der Waals surface area contributed by atoms with Gasteiger partial charge < -0.3 is 10.1 Å². The molecule has 14 heavy (non-hydrogen) atoms. The summed E-state index contributed by atoms with van der Waals surface area (Å²) in [5.41, 5.74) is 0. The summed E-state index contributed by atoms with van der Waals surface area (Å²) in [7, 11) is 0. The van der Waals surface area contributed by atoms with Crippen LogP contribution in [0.1, 0.15) is 26.7 Å². The Balaban J connectivity index is 3.39. The van der Waals surface area contributed by atoms with Crippen LogP contribution in [0.2, 0.25) is 0 Å². The van der Waals surface area contributed by atoms with Crippen LogP contribution in [0.3, 0.4) is 0 Å². The van der Waals surface area contributed by atoms with E-state index in [0.717, 1.165) is 19.4 Å². The number of carbonyl (C=O) groups excluding carboxylic acids is 1. The zero-order valence-corrected chi connectivity index (χ0v) is 9.01. The Morgan fingerprint density at radius 3 is 2.93 bits per heavy atom. The van der Waals surface area contributed by atoms with Crippen molar-refractivity contribution >= 4 is 5.97 Å². The first kappa shape index (κ1) is 13.0. The lowest BCUT2D eigenvalue weighted by Crippen LogP contribution is -2.28. The molecule has 0 rings (SSSR count). The van der Waals surface area contributed by atoms with Crippen molar-refractivity contribution in [3.8, 4) is 12.3 Å². The Morgan fingerprint density at radius 2 is 2.36 bits per heavy atom. The molecule has 0 aliphatic rings. The molecule has 3 heteroatoms. The molecular weight excluding hydrogens is 178 g/mol. The van der Waals surface area contributed by atoms with Gasteiger partial charge in [-0.1, -0.05) is 6.92 Å². The molecule has 0 spiro atoms. The highest BCUT2D eigenvalue weighted by Gasteiger charge is 2.12. The number of nitrogens with one attached hydrogen (secondary N) is 1. The van der Waals surface area contributed by atoms with E-state index < -0.39 is 0 Å². The fourth-order valence-corrected chi connectivity index (χ4v) is 1.00. The largest absolute Gasteiger partial charge is 0.466 e. The van der Waals surface area contributed by atoms with E-state index in [2.05, 4.69) is 11.2 Å². The normalized spacial score (nSPS) is 11.8. The topological polar surface area (TPSA) is 38.3 Å². The predicted octanol–water partition coefficient (Wildman–Crippen LogP) is 1.19. The second-order valence-corrected chi connectivity index (χ2v) is 3.16.